The number of aromatic nitrogens is 1. The molecule has 9 heteroatoms. The first-order valence-corrected chi connectivity index (χ1v) is 9.91. The number of halogens is 3. The molecular weight excluding hydrogens is 427 g/mol. The molecule has 6 nitrogen and oxygen atoms in total. The maximum Gasteiger partial charge on any atom is 0.416 e. The highest BCUT2D eigenvalue weighted by Gasteiger charge is 2.30. The van der Waals surface area contributed by atoms with Gasteiger partial charge < -0.3 is 19.0 Å². The number of aliphatic carboxylic acids is 1. The van der Waals surface area contributed by atoms with E-state index < -0.39 is 24.3 Å². The highest BCUT2D eigenvalue weighted by molar-refractivity contribution is 5.68. The standard InChI is InChI=1S/C23H22F3NO5/c1-3-4-16-11-18(9-10-19(16)31-13-21(28)29)30-12-20-14(2)27-22(32-20)15-5-7-17(8-6-15)23(24,25)26/h5-11H,3-4,12-13H2,1-2H3,(H,28,29). The molecule has 3 aromatic rings. The predicted molar refractivity (Wildman–Crippen MR) is 110 cm³/mol. The molecule has 0 spiro atoms. The van der Waals surface area contributed by atoms with Crippen LogP contribution in [0.3, 0.4) is 0 Å². The lowest BCUT2D eigenvalue weighted by molar-refractivity contribution is -0.139. The fraction of sp³-hybridized carbons (Fsp3) is 0.304. The normalized spacial score (nSPS) is 11.4. The van der Waals surface area contributed by atoms with E-state index in [1.807, 2.05) is 6.92 Å². The van der Waals surface area contributed by atoms with Crippen molar-refractivity contribution in [2.75, 3.05) is 6.61 Å². The first kappa shape index (κ1) is 23.2. The van der Waals surface area contributed by atoms with Gasteiger partial charge in [-0.1, -0.05) is 13.3 Å². The Morgan fingerprint density at radius 3 is 2.47 bits per heavy atom. The van der Waals surface area contributed by atoms with Crippen LogP contribution in [0.15, 0.2) is 46.9 Å². The summed E-state index contributed by atoms with van der Waals surface area (Å²) in [5.41, 5.74) is 1.07. The molecule has 32 heavy (non-hydrogen) atoms. The summed E-state index contributed by atoms with van der Waals surface area (Å²) >= 11 is 0. The number of ether oxygens (including phenoxy) is 2. The molecule has 0 fully saturated rings. The zero-order valence-electron chi connectivity index (χ0n) is 17.5. The van der Waals surface area contributed by atoms with E-state index in [0.29, 0.717) is 34.9 Å². The Morgan fingerprint density at radius 2 is 1.84 bits per heavy atom. The fourth-order valence-corrected chi connectivity index (χ4v) is 3.03. The van der Waals surface area contributed by atoms with Gasteiger partial charge in [0.2, 0.25) is 5.89 Å². The summed E-state index contributed by atoms with van der Waals surface area (Å²) in [4.78, 5) is 15.0. The smallest absolute Gasteiger partial charge is 0.416 e. The van der Waals surface area contributed by atoms with Crippen LogP contribution in [-0.4, -0.2) is 22.7 Å². The van der Waals surface area contributed by atoms with Crippen molar-refractivity contribution in [3.05, 3.63) is 65.0 Å². The Labute approximate surface area is 182 Å². The van der Waals surface area contributed by atoms with E-state index in [4.69, 9.17) is 19.0 Å². The molecule has 0 aliphatic carbocycles. The molecule has 2 aromatic carbocycles. The molecule has 3 rings (SSSR count). The number of benzene rings is 2. The van der Waals surface area contributed by atoms with Crippen LogP contribution in [0.5, 0.6) is 11.5 Å². The van der Waals surface area contributed by atoms with Gasteiger partial charge in [-0.15, -0.1) is 0 Å². The van der Waals surface area contributed by atoms with Crippen LogP contribution in [-0.2, 0) is 24.0 Å². The van der Waals surface area contributed by atoms with Gasteiger partial charge in [-0.25, -0.2) is 9.78 Å². The lowest BCUT2D eigenvalue weighted by atomic mass is 10.1. The molecular formula is C23H22F3NO5. The first-order valence-electron chi connectivity index (χ1n) is 9.91. The average Bonchev–Trinajstić information content (AvgIpc) is 3.11. The van der Waals surface area contributed by atoms with Crippen molar-refractivity contribution in [2.45, 2.75) is 39.5 Å². The van der Waals surface area contributed by atoms with Crippen LogP contribution < -0.4 is 9.47 Å². The third-order valence-electron chi connectivity index (χ3n) is 4.62. The summed E-state index contributed by atoms with van der Waals surface area (Å²) in [6, 6.07) is 9.69. The van der Waals surface area contributed by atoms with Gasteiger partial charge in [0.05, 0.1) is 11.3 Å². The van der Waals surface area contributed by atoms with Gasteiger partial charge in [-0.2, -0.15) is 13.2 Å². The largest absolute Gasteiger partial charge is 0.486 e. The highest BCUT2D eigenvalue weighted by atomic mass is 19.4. The summed E-state index contributed by atoms with van der Waals surface area (Å²) in [5, 5.41) is 8.80. The molecule has 1 aromatic heterocycles. The summed E-state index contributed by atoms with van der Waals surface area (Å²) in [5.74, 6) is 0.629. The maximum absolute atomic E-state index is 12.7. The van der Waals surface area contributed by atoms with Crippen molar-refractivity contribution < 1.29 is 37.0 Å². The highest BCUT2D eigenvalue weighted by Crippen LogP contribution is 2.32. The van der Waals surface area contributed by atoms with Crippen molar-refractivity contribution in [3.8, 4) is 23.0 Å². The number of carboxylic acids is 1. The van der Waals surface area contributed by atoms with Crippen LogP contribution in [0.4, 0.5) is 13.2 Å². The molecule has 0 aliphatic heterocycles. The Morgan fingerprint density at radius 1 is 1.12 bits per heavy atom. The monoisotopic (exact) mass is 449 g/mol. The lowest BCUT2D eigenvalue weighted by Gasteiger charge is -2.12. The molecule has 0 bridgehead atoms. The quantitative estimate of drug-likeness (QED) is 0.454. The van der Waals surface area contributed by atoms with Gasteiger partial charge in [0, 0.05) is 5.56 Å². The lowest BCUT2D eigenvalue weighted by Crippen LogP contribution is -2.10. The van der Waals surface area contributed by atoms with Gasteiger partial charge in [0.25, 0.3) is 0 Å². The second-order valence-electron chi connectivity index (χ2n) is 7.09. The second kappa shape index (κ2) is 9.76. The molecule has 0 amide bonds. The fourth-order valence-electron chi connectivity index (χ4n) is 3.03. The van der Waals surface area contributed by atoms with Crippen molar-refractivity contribution in [1.29, 1.82) is 0 Å². The van der Waals surface area contributed by atoms with Crippen LogP contribution in [0, 0.1) is 6.92 Å². The zero-order valence-corrected chi connectivity index (χ0v) is 17.5. The Hall–Kier alpha value is -3.49. The average molecular weight is 449 g/mol. The third-order valence-corrected chi connectivity index (χ3v) is 4.62. The van der Waals surface area contributed by atoms with Gasteiger partial charge in [0.1, 0.15) is 18.1 Å². The van der Waals surface area contributed by atoms with E-state index in [1.165, 1.54) is 12.1 Å². The predicted octanol–water partition coefficient (Wildman–Crippen LogP) is 5.66. The van der Waals surface area contributed by atoms with Gasteiger partial charge >= 0.3 is 12.1 Å². The number of carbonyl (C=O) groups is 1. The Balaban J connectivity index is 1.71. The van der Waals surface area contributed by atoms with E-state index >= 15 is 0 Å². The van der Waals surface area contributed by atoms with Crippen LogP contribution in [0.2, 0.25) is 0 Å². The van der Waals surface area contributed by atoms with Gasteiger partial charge in [-0.05, 0) is 61.4 Å². The molecule has 1 heterocycles. The summed E-state index contributed by atoms with van der Waals surface area (Å²) in [6.07, 6.45) is -2.88. The number of hydrogen-bond acceptors (Lipinski definition) is 5. The molecule has 170 valence electrons. The van der Waals surface area contributed by atoms with Gasteiger partial charge in [-0.3, -0.25) is 0 Å². The minimum Gasteiger partial charge on any atom is -0.486 e. The number of oxazole rings is 1. The van der Waals surface area contributed by atoms with E-state index in [0.717, 1.165) is 24.1 Å². The number of aryl methyl sites for hydroxylation is 2. The minimum absolute atomic E-state index is 0.0698. The minimum atomic E-state index is -4.41. The summed E-state index contributed by atoms with van der Waals surface area (Å²) < 4.78 is 55.0. The topological polar surface area (TPSA) is 81.8 Å². The van der Waals surface area contributed by atoms with Crippen LogP contribution in [0.25, 0.3) is 11.5 Å². The zero-order chi connectivity index (χ0) is 23.3. The third kappa shape index (κ3) is 5.81. The van der Waals surface area contributed by atoms with E-state index in [1.54, 1.807) is 25.1 Å². The molecule has 0 saturated heterocycles. The number of nitrogens with zero attached hydrogens (tertiary/aromatic N) is 1. The Kier molecular flexibility index (Phi) is 7.07. The Bertz CT molecular complexity index is 1070. The van der Waals surface area contributed by atoms with Crippen LogP contribution >= 0.6 is 0 Å². The summed E-state index contributed by atoms with van der Waals surface area (Å²) in [7, 11) is 0. The maximum atomic E-state index is 12.7. The molecule has 0 radical (unpaired) electrons. The molecule has 0 unspecified atom stereocenters. The van der Waals surface area contributed by atoms with Gasteiger partial charge in [0.15, 0.2) is 12.4 Å². The number of alkyl halides is 3. The molecule has 1 N–H and O–H groups in total. The molecule has 0 saturated carbocycles. The van der Waals surface area contributed by atoms with Crippen molar-refractivity contribution >= 4 is 5.97 Å². The van der Waals surface area contributed by atoms with Crippen molar-refractivity contribution in [3.63, 3.8) is 0 Å². The number of hydrogen-bond donors (Lipinski definition) is 1. The van der Waals surface area contributed by atoms with E-state index in [-0.39, 0.29) is 12.5 Å². The SMILES string of the molecule is CCCc1cc(OCc2oc(-c3ccc(C(F)(F)F)cc3)nc2C)ccc1OCC(=O)O. The van der Waals surface area contributed by atoms with Crippen molar-refractivity contribution in [2.24, 2.45) is 0 Å². The van der Waals surface area contributed by atoms with Crippen molar-refractivity contribution in [1.82, 2.24) is 4.98 Å². The first-order chi connectivity index (χ1) is 15.2. The molecule has 0 atom stereocenters. The molecule has 0 aliphatic rings. The van der Waals surface area contributed by atoms with Crippen LogP contribution in [0.1, 0.15) is 35.9 Å². The van der Waals surface area contributed by atoms with E-state index in [2.05, 4.69) is 4.98 Å². The summed E-state index contributed by atoms with van der Waals surface area (Å²) in [6.45, 7) is 3.36. The second-order valence-corrected chi connectivity index (χ2v) is 7.09. The number of rotatable bonds is 9. The van der Waals surface area contributed by atoms with E-state index in [9.17, 15) is 18.0 Å². The number of carboxylic acid groups (broad SMARTS) is 1.